The average Bonchev–Trinajstić information content (AvgIpc) is 2.78. The predicted octanol–water partition coefficient (Wildman–Crippen LogP) is 3.76. The van der Waals surface area contributed by atoms with Gasteiger partial charge in [0.05, 0.1) is 5.69 Å². The van der Waals surface area contributed by atoms with Crippen LogP contribution in [0, 0.1) is 6.07 Å². The number of fused-ring (bicyclic) bond motifs is 1. The van der Waals surface area contributed by atoms with Crippen LogP contribution in [-0.2, 0) is 0 Å². The van der Waals surface area contributed by atoms with Crippen molar-refractivity contribution in [3.8, 4) is 11.3 Å². The molecule has 0 unspecified atom stereocenters. The van der Waals surface area contributed by atoms with Gasteiger partial charge in [-0.1, -0.05) is 12.1 Å². The largest absolute Gasteiger partial charge is 0.256 e. The summed E-state index contributed by atoms with van der Waals surface area (Å²) in [5, 5.41) is 3.34. The second-order valence-corrected chi connectivity index (χ2v) is 4.21. The van der Waals surface area contributed by atoms with Gasteiger partial charge in [0.2, 0.25) is 0 Å². The van der Waals surface area contributed by atoms with E-state index in [2.05, 4.69) is 28.6 Å². The van der Waals surface area contributed by atoms with E-state index in [0.29, 0.717) is 0 Å². The standard InChI is InChI=1S/C13H8NS/c1-2-8-14-12(5-1)10-4-3-6-13-11(10)7-9-15-13/h1-3,5-9H. The summed E-state index contributed by atoms with van der Waals surface area (Å²) in [5.74, 6) is 0. The number of thiophene rings is 1. The first-order chi connectivity index (χ1) is 7.45. The molecule has 1 aromatic carbocycles. The minimum Gasteiger partial charge on any atom is -0.256 e. The maximum Gasteiger partial charge on any atom is 0.0714 e. The van der Waals surface area contributed by atoms with Crippen LogP contribution in [0.15, 0.2) is 48.0 Å². The van der Waals surface area contributed by atoms with Crippen molar-refractivity contribution in [2.24, 2.45) is 0 Å². The van der Waals surface area contributed by atoms with E-state index in [-0.39, 0.29) is 0 Å². The van der Waals surface area contributed by atoms with Gasteiger partial charge in [-0.25, -0.2) is 0 Å². The van der Waals surface area contributed by atoms with Gasteiger partial charge in [-0.3, -0.25) is 4.98 Å². The van der Waals surface area contributed by atoms with Crippen LogP contribution in [-0.4, -0.2) is 4.98 Å². The van der Waals surface area contributed by atoms with E-state index in [1.807, 2.05) is 30.5 Å². The Morgan fingerprint density at radius 2 is 2.13 bits per heavy atom. The lowest BCUT2D eigenvalue weighted by Gasteiger charge is -2.00. The highest BCUT2D eigenvalue weighted by Crippen LogP contribution is 2.29. The maximum atomic E-state index is 4.35. The maximum absolute atomic E-state index is 4.35. The Morgan fingerprint density at radius 3 is 3.00 bits per heavy atom. The number of hydrogen-bond acceptors (Lipinski definition) is 2. The SMILES string of the molecule is [c]1ccc2sccc2c1-c1ccccn1. The topological polar surface area (TPSA) is 12.9 Å². The lowest BCUT2D eigenvalue weighted by Crippen LogP contribution is -1.82. The van der Waals surface area contributed by atoms with E-state index in [0.717, 1.165) is 11.3 Å². The van der Waals surface area contributed by atoms with Crippen molar-refractivity contribution in [3.63, 3.8) is 0 Å². The molecular weight excluding hydrogens is 202 g/mol. The Morgan fingerprint density at radius 1 is 1.13 bits per heavy atom. The first-order valence-electron chi connectivity index (χ1n) is 4.74. The molecule has 15 heavy (non-hydrogen) atoms. The normalized spacial score (nSPS) is 10.7. The molecule has 0 atom stereocenters. The summed E-state index contributed by atoms with van der Waals surface area (Å²) in [7, 11) is 0. The average molecular weight is 210 g/mol. The molecule has 0 saturated heterocycles. The molecule has 0 saturated carbocycles. The number of nitrogens with zero attached hydrogens (tertiary/aromatic N) is 1. The lowest BCUT2D eigenvalue weighted by molar-refractivity contribution is 1.33. The molecule has 1 radical (unpaired) electrons. The molecule has 0 aliphatic heterocycles. The van der Waals surface area contributed by atoms with Crippen molar-refractivity contribution in [1.82, 2.24) is 4.98 Å². The van der Waals surface area contributed by atoms with Gasteiger partial charge in [0.25, 0.3) is 0 Å². The van der Waals surface area contributed by atoms with Crippen molar-refractivity contribution >= 4 is 21.4 Å². The molecule has 0 spiro atoms. The highest BCUT2D eigenvalue weighted by Gasteiger charge is 2.04. The van der Waals surface area contributed by atoms with Gasteiger partial charge >= 0.3 is 0 Å². The van der Waals surface area contributed by atoms with Crippen molar-refractivity contribution in [3.05, 3.63) is 54.0 Å². The van der Waals surface area contributed by atoms with E-state index in [4.69, 9.17) is 0 Å². The Bertz CT molecular complexity index is 584. The molecule has 2 aromatic heterocycles. The van der Waals surface area contributed by atoms with E-state index in [1.54, 1.807) is 11.3 Å². The zero-order valence-electron chi connectivity index (χ0n) is 7.97. The Kier molecular flexibility index (Phi) is 2.00. The number of hydrogen-bond donors (Lipinski definition) is 0. The van der Waals surface area contributed by atoms with Crippen molar-refractivity contribution in [2.45, 2.75) is 0 Å². The summed E-state index contributed by atoms with van der Waals surface area (Å²) < 4.78 is 1.29. The van der Waals surface area contributed by atoms with Gasteiger partial charge in [-0.15, -0.1) is 11.3 Å². The Labute approximate surface area is 92.0 Å². The number of rotatable bonds is 1. The third-order valence-electron chi connectivity index (χ3n) is 2.35. The summed E-state index contributed by atoms with van der Waals surface area (Å²) in [6, 6.07) is 15.4. The fourth-order valence-corrected chi connectivity index (χ4v) is 2.45. The quantitative estimate of drug-likeness (QED) is 0.596. The van der Waals surface area contributed by atoms with E-state index in [1.165, 1.54) is 10.1 Å². The zero-order chi connectivity index (χ0) is 10.1. The minimum atomic E-state index is 0.988. The predicted molar refractivity (Wildman–Crippen MR) is 63.9 cm³/mol. The van der Waals surface area contributed by atoms with E-state index in [9.17, 15) is 0 Å². The van der Waals surface area contributed by atoms with Crippen LogP contribution in [0.4, 0.5) is 0 Å². The number of aromatic nitrogens is 1. The first kappa shape index (κ1) is 8.62. The van der Waals surface area contributed by atoms with Gasteiger partial charge in [-0.2, -0.15) is 0 Å². The first-order valence-corrected chi connectivity index (χ1v) is 5.62. The van der Waals surface area contributed by atoms with Crippen molar-refractivity contribution in [2.75, 3.05) is 0 Å². The van der Waals surface area contributed by atoms with Crippen LogP contribution < -0.4 is 0 Å². The molecule has 3 rings (SSSR count). The molecule has 0 aliphatic carbocycles. The van der Waals surface area contributed by atoms with Crippen molar-refractivity contribution in [1.29, 1.82) is 0 Å². The second kappa shape index (κ2) is 3.48. The van der Waals surface area contributed by atoms with E-state index < -0.39 is 0 Å². The zero-order valence-corrected chi connectivity index (χ0v) is 8.79. The van der Waals surface area contributed by atoms with Gasteiger partial charge in [0.1, 0.15) is 0 Å². The lowest BCUT2D eigenvalue weighted by atomic mass is 10.1. The molecule has 2 heteroatoms. The van der Waals surface area contributed by atoms with Gasteiger partial charge < -0.3 is 0 Å². The summed E-state index contributed by atoms with van der Waals surface area (Å²) in [4.78, 5) is 4.35. The highest BCUT2D eigenvalue weighted by atomic mass is 32.1. The van der Waals surface area contributed by atoms with Crippen LogP contribution in [0.1, 0.15) is 0 Å². The third kappa shape index (κ3) is 1.43. The molecule has 0 bridgehead atoms. The molecule has 1 nitrogen and oxygen atoms in total. The second-order valence-electron chi connectivity index (χ2n) is 3.27. The van der Waals surface area contributed by atoms with Crippen LogP contribution in [0.2, 0.25) is 0 Å². The van der Waals surface area contributed by atoms with Gasteiger partial charge in [0, 0.05) is 21.8 Å². The smallest absolute Gasteiger partial charge is 0.0714 e. The fourth-order valence-electron chi connectivity index (χ4n) is 1.66. The molecular formula is C13H8NS. The molecule has 0 aliphatic rings. The Hall–Kier alpha value is -1.67. The summed E-state index contributed by atoms with van der Waals surface area (Å²) in [5.41, 5.74) is 2.08. The summed E-state index contributed by atoms with van der Waals surface area (Å²) in [6.07, 6.45) is 1.81. The Balaban J connectivity index is 2.31. The van der Waals surface area contributed by atoms with Gasteiger partial charge in [-0.05, 0) is 35.7 Å². The molecule has 0 N–H and O–H groups in total. The van der Waals surface area contributed by atoms with Gasteiger partial charge in [0.15, 0.2) is 0 Å². The molecule has 71 valence electrons. The number of benzene rings is 1. The molecule has 2 heterocycles. The van der Waals surface area contributed by atoms with E-state index >= 15 is 0 Å². The summed E-state index contributed by atoms with van der Waals surface area (Å²) in [6.45, 7) is 0. The third-order valence-corrected chi connectivity index (χ3v) is 3.23. The molecule has 0 amide bonds. The molecule has 3 aromatic rings. The fraction of sp³-hybridized carbons (Fsp3) is 0. The minimum absolute atomic E-state index is 0.988. The summed E-state index contributed by atoms with van der Waals surface area (Å²) >= 11 is 1.75. The number of pyridine rings is 1. The van der Waals surface area contributed by atoms with Crippen LogP contribution >= 0.6 is 11.3 Å². The van der Waals surface area contributed by atoms with Crippen molar-refractivity contribution < 1.29 is 0 Å². The molecule has 0 fully saturated rings. The van der Waals surface area contributed by atoms with Crippen LogP contribution in [0.3, 0.4) is 0 Å². The van der Waals surface area contributed by atoms with Crippen LogP contribution in [0.25, 0.3) is 21.3 Å². The monoisotopic (exact) mass is 210 g/mol. The van der Waals surface area contributed by atoms with Crippen LogP contribution in [0.5, 0.6) is 0 Å². The highest BCUT2D eigenvalue weighted by molar-refractivity contribution is 7.17.